The normalized spacial score (nSPS) is 11.5. The van der Waals surface area contributed by atoms with E-state index in [0.717, 1.165) is 0 Å². The maximum Gasteiger partial charge on any atom is 0.446 e. The summed E-state index contributed by atoms with van der Waals surface area (Å²) in [6.45, 7) is 0.727. The third-order valence-corrected chi connectivity index (χ3v) is 2.18. The van der Waals surface area contributed by atoms with Crippen molar-refractivity contribution < 1.29 is 17.9 Å². The van der Waals surface area contributed by atoms with Crippen LogP contribution in [0.15, 0.2) is 29.2 Å². The van der Waals surface area contributed by atoms with Crippen LogP contribution in [-0.4, -0.2) is 18.7 Å². The SMILES string of the molecule is NCCOc1ccc(SC(F)(F)F)cc1. The zero-order valence-corrected chi connectivity index (χ0v) is 8.57. The summed E-state index contributed by atoms with van der Waals surface area (Å²) in [7, 11) is 0. The molecule has 2 N–H and O–H groups in total. The van der Waals surface area contributed by atoms with Gasteiger partial charge in [-0.15, -0.1) is 0 Å². The first-order valence-corrected chi connectivity index (χ1v) is 5.01. The van der Waals surface area contributed by atoms with E-state index in [1.165, 1.54) is 24.3 Å². The molecule has 15 heavy (non-hydrogen) atoms. The molecule has 2 nitrogen and oxygen atoms in total. The van der Waals surface area contributed by atoms with Crippen molar-refractivity contribution >= 4 is 11.8 Å². The first-order chi connectivity index (χ1) is 7.01. The summed E-state index contributed by atoms with van der Waals surface area (Å²) < 4.78 is 41.0. The molecule has 0 fully saturated rings. The number of hydrogen-bond donors (Lipinski definition) is 1. The Morgan fingerprint density at radius 1 is 1.20 bits per heavy atom. The molecule has 0 radical (unpaired) electrons. The summed E-state index contributed by atoms with van der Waals surface area (Å²) >= 11 is -0.147. The molecule has 0 amide bonds. The minimum absolute atomic E-state index is 0.141. The maximum atomic E-state index is 12.0. The van der Waals surface area contributed by atoms with Crippen LogP contribution in [0.1, 0.15) is 0 Å². The largest absolute Gasteiger partial charge is 0.492 e. The highest BCUT2D eigenvalue weighted by molar-refractivity contribution is 8.00. The van der Waals surface area contributed by atoms with Crippen molar-refractivity contribution in [3.63, 3.8) is 0 Å². The number of alkyl halides is 3. The summed E-state index contributed by atoms with van der Waals surface area (Å²) in [5.74, 6) is 0.520. The van der Waals surface area contributed by atoms with Crippen LogP contribution >= 0.6 is 11.8 Å². The molecular formula is C9H10F3NOS. The molecule has 0 unspecified atom stereocenters. The maximum absolute atomic E-state index is 12.0. The van der Waals surface area contributed by atoms with E-state index in [2.05, 4.69) is 0 Å². The predicted molar refractivity (Wildman–Crippen MR) is 52.9 cm³/mol. The van der Waals surface area contributed by atoms with E-state index in [0.29, 0.717) is 18.9 Å². The molecule has 84 valence electrons. The Bertz CT molecular complexity index is 299. The Balaban J connectivity index is 2.56. The van der Waals surface area contributed by atoms with Gasteiger partial charge in [0.25, 0.3) is 0 Å². The van der Waals surface area contributed by atoms with E-state index in [1.54, 1.807) is 0 Å². The van der Waals surface area contributed by atoms with Crippen molar-refractivity contribution in [2.24, 2.45) is 5.73 Å². The quantitative estimate of drug-likeness (QED) is 0.817. The summed E-state index contributed by atoms with van der Waals surface area (Å²) in [6, 6.07) is 5.71. The minimum Gasteiger partial charge on any atom is -0.492 e. The molecule has 0 aliphatic rings. The number of halogens is 3. The molecule has 0 spiro atoms. The van der Waals surface area contributed by atoms with Gasteiger partial charge in [0, 0.05) is 11.4 Å². The monoisotopic (exact) mass is 237 g/mol. The number of hydrogen-bond acceptors (Lipinski definition) is 3. The van der Waals surface area contributed by atoms with Crippen LogP contribution in [-0.2, 0) is 0 Å². The Morgan fingerprint density at radius 2 is 1.80 bits per heavy atom. The molecule has 0 heterocycles. The van der Waals surface area contributed by atoms with E-state index in [1.807, 2.05) is 0 Å². The zero-order valence-electron chi connectivity index (χ0n) is 7.75. The second-order valence-corrected chi connectivity index (χ2v) is 3.79. The van der Waals surface area contributed by atoms with Crippen LogP contribution in [0.3, 0.4) is 0 Å². The van der Waals surface area contributed by atoms with Gasteiger partial charge in [-0.3, -0.25) is 0 Å². The summed E-state index contributed by atoms with van der Waals surface area (Å²) in [4.78, 5) is 0.141. The van der Waals surface area contributed by atoms with Crippen LogP contribution in [0.5, 0.6) is 5.75 Å². The fraction of sp³-hybridized carbons (Fsp3) is 0.333. The third-order valence-electron chi connectivity index (χ3n) is 1.44. The lowest BCUT2D eigenvalue weighted by atomic mass is 10.3. The topological polar surface area (TPSA) is 35.2 Å². The average molecular weight is 237 g/mol. The molecule has 0 aliphatic heterocycles. The highest BCUT2D eigenvalue weighted by Gasteiger charge is 2.28. The minimum atomic E-state index is -4.25. The molecule has 6 heteroatoms. The Kier molecular flexibility index (Phi) is 4.28. The molecular weight excluding hydrogens is 227 g/mol. The second-order valence-electron chi connectivity index (χ2n) is 2.66. The van der Waals surface area contributed by atoms with Crippen molar-refractivity contribution in [3.05, 3.63) is 24.3 Å². The van der Waals surface area contributed by atoms with Gasteiger partial charge in [0.2, 0.25) is 0 Å². The Morgan fingerprint density at radius 3 is 2.27 bits per heavy atom. The first-order valence-electron chi connectivity index (χ1n) is 4.20. The Hall–Kier alpha value is -0.880. The molecule has 0 atom stereocenters. The fourth-order valence-electron chi connectivity index (χ4n) is 0.914. The number of thioether (sulfide) groups is 1. The van der Waals surface area contributed by atoms with Crippen molar-refractivity contribution in [1.82, 2.24) is 0 Å². The molecule has 0 saturated carbocycles. The van der Waals surface area contributed by atoms with Gasteiger partial charge >= 0.3 is 5.51 Å². The van der Waals surface area contributed by atoms with Crippen LogP contribution in [0.25, 0.3) is 0 Å². The van der Waals surface area contributed by atoms with Crippen molar-refractivity contribution in [3.8, 4) is 5.75 Å². The smallest absolute Gasteiger partial charge is 0.446 e. The standard InChI is InChI=1S/C9H10F3NOS/c10-9(11,12)15-8-3-1-7(2-4-8)14-6-5-13/h1-4H,5-6,13H2. The first kappa shape index (κ1) is 12.2. The highest BCUT2D eigenvalue weighted by Crippen LogP contribution is 2.37. The van der Waals surface area contributed by atoms with E-state index in [-0.39, 0.29) is 16.7 Å². The van der Waals surface area contributed by atoms with Gasteiger partial charge in [0.05, 0.1) is 0 Å². The van der Waals surface area contributed by atoms with E-state index < -0.39 is 5.51 Å². The molecule has 0 aliphatic carbocycles. The average Bonchev–Trinajstić information content (AvgIpc) is 2.14. The third kappa shape index (κ3) is 4.94. The van der Waals surface area contributed by atoms with E-state index in [4.69, 9.17) is 10.5 Å². The number of benzene rings is 1. The molecule has 0 aromatic heterocycles. The second kappa shape index (κ2) is 5.27. The van der Waals surface area contributed by atoms with Crippen molar-refractivity contribution in [2.75, 3.05) is 13.2 Å². The lowest BCUT2D eigenvalue weighted by Gasteiger charge is -2.07. The van der Waals surface area contributed by atoms with Gasteiger partial charge in [-0.1, -0.05) is 0 Å². The number of ether oxygens (including phenoxy) is 1. The Labute approximate surface area is 89.6 Å². The number of rotatable bonds is 4. The fourth-order valence-corrected chi connectivity index (χ4v) is 1.45. The van der Waals surface area contributed by atoms with Crippen LogP contribution < -0.4 is 10.5 Å². The van der Waals surface area contributed by atoms with Gasteiger partial charge in [-0.25, -0.2) is 0 Å². The molecule has 0 bridgehead atoms. The summed E-state index contributed by atoms with van der Waals surface area (Å²) in [5, 5.41) is 0. The van der Waals surface area contributed by atoms with Gasteiger partial charge in [0.1, 0.15) is 12.4 Å². The van der Waals surface area contributed by atoms with Crippen LogP contribution in [0, 0.1) is 0 Å². The van der Waals surface area contributed by atoms with Gasteiger partial charge in [-0.05, 0) is 36.0 Å². The highest BCUT2D eigenvalue weighted by atomic mass is 32.2. The summed E-state index contributed by atoms with van der Waals surface area (Å²) in [6.07, 6.45) is 0. The zero-order chi connectivity index (χ0) is 11.3. The van der Waals surface area contributed by atoms with Gasteiger partial charge in [0.15, 0.2) is 0 Å². The van der Waals surface area contributed by atoms with E-state index in [9.17, 15) is 13.2 Å². The van der Waals surface area contributed by atoms with Crippen LogP contribution in [0.2, 0.25) is 0 Å². The number of nitrogens with two attached hydrogens (primary N) is 1. The van der Waals surface area contributed by atoms with Gasteiger partial charge < -0.3 is 10.5 Å². The molecule has 0 saturated heterocycles. The molecule has 1 aromatic rings. The van der Waals surface area contributed by atoms with E-state index >= 15 is 0 Å². The predicted octanol–water partition coefficient (Wildman–Crippen LogP) is 2.64. The lowest BCUT2D eigenvalue weighted by Crippen LogP contribution is -2.10. The van der Waals surface area contributed by atoms with Crippen molar-refractivity contribution in [1.29, 1.82) is 0 Å². The summed E-state index contributed by atoms with van der Waals surface area (Å²) in [5.41, 5.74) is 0.961. The molecule has 1 rings (SSSR count). The lowest BCUT2D eigenvalue weighted by molar-refractivity contribution is -0.0328. The van der Waals surface area contributed by atoms with Crippen LogP contribution in [0.4, 0.5) is 13.2 Å². The van der Waals surface area contributed by atoms with Crippen molar-refractivity contribution in [2.45, 2.75) is 10.4 Å². The van der Waals surface area contributed by atoms with Gasteiger partial charge in [-0.2, -0.15) is 13.2 Å². The molecule has 1 aromatic carbocycles.